The Bertz CT molecular complexity index is 651. The van der Waals surface area contributed by atoms with Crippen LogP contribution in [-0.4, -0.2) is 10.1 Å². The molecule has 4 heteroatoms. The van der Waals surface area contributed by atoms with Crippen molar-refractivity contribution in [2.24, 2.45) is 0 Å². The number of allylic oxidation sites excluding steroid dienone is 1. The number of carbonyl (C=O) groups is 1. The van der Waals surface area contributed by atoms with Crippen molar-refractivity contribution in [2.45, 2.75) is 0 Å². The van der Waals surface area contributed by atoms with Crippen LogP contribution in [0, 0.1) is 0 Å². The first-order valence-electron chi connectivity index (χ1n) is 6.03. The highest BCUT2D eigenvalue weighted by molar-refractivity contribution is 8.11. The maximum Gasteiger partial charge on any atom is 0.185 e. The second-order valence-corrected chi connectivity index (χ2v) is 5.24. The van der Waals surface area contributed by atoms with Crippen molar-refractivity contribution in [3.63, 3.8) is 0 Å². The Hall–Kier alpha value is -1.91. The van der Waals surface area contributed by atoms with Crippen LogP contribution in [0.4, 0.5) is 5.69 Å². The lowest BCUT2D eigenvalue weighted by Crippen LogP contribution is -2.02. The summed E-state index contributed by atoms with van der Waals surface area (Å²) in [5.41, 5.74) is 2.37. The number of rotatable bonds is 4. The van der Waals surface area contributed by atoms with Crippen LogP contribution < -0.4 is 5.32 Å². The molecule has 0 unspecified atom stereocenters. The lowest BCUT2D eigenvalue weighted by Gasteiger charge is -2.06. The van der Waals surface area contributed by atoms with Crippen molar-refractivity contribution in [3.05, 3.63) is 71.8 Å². The fourth-order valence-corrected chi connectivity index (χ4v) is 1.97. The van der Waals surface area contributed by atoms with Gasteiger partial charge in [-0.25, -0.2) is 0 Å². The Labute approximate surface area is 128 Å². The van der Waals surface area contributed by atoms with Gasteiger partial charge in [-0.3, -0.25) is 4.79 Å². The van der Waals surface area contributed by atoms with Crippen LogP contribution in [0.3, 0.4) is 0 Å². The van der Waals surface area contributed by atoms with Crippen molar-refractivity contribution >= 4 is 46.7 Å². The smallest absolute Gasteiger partial charge is 0.185 e. The average molecular weight is 299 g/mol. The van der Waals surface area contributed by atoms with E-state index in [-0.39, 0.29) is 5.78 Å². The number of thiocarbonyl (C=S) groups is 1. The molecule has 0 spiro atoms. The number of carbonyl (C=O) groups excluding carboxylic acids is 1. The molecular formula is C16H13NOS2. The molecule has 0 radical (unpaired) electrons. The third-order valence-electron chi connectivity index (χ3n) is 2.67. The molecule has 0 aromatic heterocycles. The maximum absolute atomic E-state index is 12.0. The van der Waals surface area contributed by atoms with Gasteiger partial charge in [-0.15, -0.1) is 12.6 Å². The average Bonchev–Trinajstić information content (AvgIpc) is 2.46. The van der Waals surface area contributed by atoms with Crippen LogP contribution in [0.15, 0.2) is 60.7 Å². The summed E-state index contributed by atoms with van der Waals surface area (Å²) in [5.74, 6) is -0.0335. The molecule has 100 valence electrons. The molecule has 0 amide bonds. The molecule has 2 aromatic rings. The van der Waals surface area contributed by atoms with Crippen molar-refractivity contribution in [2.75, 3.05) is 5.32 Å². The Morgan fingerprint density at radius 2 is 1.70 bits per heavy atom. The molecule has 1 N–H and O–H groups in total. The molecule has 20 heavy (non-hydrogen) atoms. The van der Waals surface area contributed by atoms with Crippen LogP contribution in [0.25, 0.3) is 6.08 Å². The topological polar surface area (TPSA) is 29.1 Å². The van der Waals surface area contributed by atoms with Crippen LogP contribution in [0.1, 0.15) is 15.9 Å². The van der Waals surface area contributed by atoms with E-state index in [0.717, 1.165) is 11.3 Å². The number of anilines is 1. The summed E-state index contributed by atoms with van der Waals surface area (Å²) < 4.78 is 0.389. The van der Waals surface area contributed by atoms with Crippen LogP contribution >= 0.6 is 24.8 Å². The fourth-order valence-electron chi connectivity index (χ4n) is 1.74. The minimum Gasteiger partial charge on any atom is -0.341 e. The predicted octanol–water partition coefficient (Wildman–Crippen LogP) is 4.21. The number of hydrogen-bond donors (Lipinski definition) is 2. The molecular weight excluding hydrogens is 286 g/mol. The quantitative estimate of drug-likeness (QED) is 0.383. The maximum atomic E-state index is 12.0. The molecule has 0 aliphatic carbocycles. The molecule has 0 saturated heterocycles. The second kappa shape index (κ2) is 7.03. The zero-order valence-electron chi connectivity index (χ0n) is 10.6. The van der Waals surface area contributed by atoms with E-state index >= 15 is 0 Å². The van der Waals surface area contributed by atoms with Gasteiger partial charge in [-0.1, -0.05) is 60.7 Å². The van der Waals surface area contributed by atoms with Crippen molar-refractivity contribution in [1.29, 1.82) is 0 Å². The van der Waals surface area contributed by atoms with Gasteiger partial charge in [0.25, 0.3) is 0 Å². The molecule has 0 aliphatic heterocycles. The van der Waals surface area contributed by atoms with Gasteiger partial charge in [0.15, 0.2) is 5.78 Å². The molecule has 0 bridgehead atoms. The number of para-hydroxylation sites is 1. The minimum absolute atomic E-state index is 0.0335. The molecule has 0 aliphatic rings. The zero-order chi connectivity index (χ0) is 14.4. The Kier molecular flexibility index (Phi) is 5.09. The number of hydrogen-bond acceptors (Lipinski definition) is 2. The Morgan fingerprint density at radius 1 is 1.05 bits per heavy atom. The highest BCUT2D eigenvalue weighted by Gasteiger charge is 2.02. The van der Waals surface area contributed by atoms with E-state index in [9.17, 15) is 4.79 Å². The van der Waals surface area contributed by atoms with E-state index in [2.05, 4.69) is 17.9 Å². The Balaban J connectivity index is 2.19. The first-order chi connectivity index (χ1) is 9.66. The van der Waals surface area contributed by atoms with Gasteiger partial charge in [-0.05, 0) is 23.8 Å². The third kappa shape index (κ3) is 4.05. The number of thiol groups is 1. The molecule has 0 saturated carbocycles. The van der Waals surface area contributed by atoms with Crippen LogP contribution in [0.2, 0.25) is 0 Å². The normalized spacial score (nSPS) is 10.4. The summed E-state index contributed by atoms with van der Waals surface area (Å²) in [6.45, 7) is 0. The molecule has 2 nitrogen and oxygen atoms in total. The first kappa shape index (κ1) is 14.5. The lowest BCUT2D eigenvalue weighted by molar-refractivity contribution is 0.104. The summed E-state index contributed by atoms with van der Waals surface area (Å²) in [4.78, 5) is 12.0. The molecule has 0 fully saturated rings. The minimum atomic E-state index is -0.0335. The van der Waals surface area contributed by atoms with Crippen LogP contribution in [-0.2, 0) is 0 Å². The highest BCUT2D eigenvalue weighted by Crippen LogP contribution is 2.17. The standard InChI is InChI=1S/C16H13NOS2/c18-15(13-7-2-1-3-8-13)11-10-12-6-4-5-9-14(12)17-16(19)20/h1-11H,(H2,17,19,20). The number of benzene rings is 2. The summed E-state index contributed by atoms with van der Waals surface area (Å²) in [6.07, 6.45) is 3.32. The van der Waals surface area contributed by atoms with Gasteiger partial charge >= 0.3 is 0 Å². The van der Waals surface area contributed by atoms with Gasteiger partial charge in [0.05, 0.1) is 0 Å². The van der Waals surface area contributed by atoms with Crippen LogP contribution in [0.5, 0.6) is 0 Å². The summed E-state index contributed by atoms with van der Waals surface area (Å²) >= 11 is 8.96. The summed E-state index contributed by atoms with van der Waals surface area (Å²) in [5, 5.41) is 2.97. The molecule has 0 heterocycles. The van der Waals surface area contributed by atoms with E-state index in [0.29, 0.717) is 9.88 Å². The SMILES string of the molecule is O=C(C=Cc1ccccc1NC(=S)S)c1ccccc1. The van der Waals surface area contributed by atoms with Gasteiger partial charge < -0.3 is 5.32 Å². The van der Waals surface area contributed by atoms with E-state index < -0.39 is 0 Å². The molecule has 2 rings (SSSR count). The Morgan fingerprint density at radius 3 is 2.40 bits per heavy atom. The van der Waals surface area contributed by atoms with E-state index in [1.165, 1.54) is 0 Å². The van der Waals surface area contributed by atoms with E-state index in [1.54, 1.807) is 24.3 Å². The van der Waals surface area contributed by atoms with Gasteiger partial charge in [0.1, 0.15) is 4.32 Å². The number of nitrogens with one attached hydrogen (secondary N) is 1. The monoisotopic (exact) mass is 299 g/mol. The van der Waals surface area contributed by atoms with Gasteiger partial charge in [0, 0.05) is 11.3 Å². The first-order valence-corrected chi connectivity index (χ1v) is 6.89. The van der Waals surface area contributed by atoms with Crippen molar-refractivity contribution in [3.8, 4) is 0 Å². The predicted molar refractivity (Wildman–Crippen MR) is 91.5 cm³/mol. The van der Waals surface area contributed by atoms with Crippen molar-refractivity contribution in [1.82, 2.24) is 0 Å². The third-order valence-corrected chi connectivity index (χ3v) is 2.89. The number of ketones is 1. The summed E-state index contributed by atoms with van der Waals surface area (Å²) in [6, 6.07) is 16.7. The van der Waals surface area contributed by atoms with Gasteiger partial charge in [0.2, 0.25) is 0 Å². The van der Waals surface area contributed by atoms with E-state index in [1.807, 2.05) is 42.5 Å². The van der Waals surface area contributed by atoms with Crippen molar-refractivity contribution < 1.29 is 4.79 Å². The fraction of sp³-hybridized carbons (Fsp3) is 0. The zero-order valence-corrected chi connectivity index (χ0v) is 12.3. The highest BCUT2D eigenvalue weighted by atomic mass is 32.1. The van der Waals surface area contributed by atoms with E-state index in [4.69, 9.17) is 12.2 Å². The summed E-state index contributed by atoms with van der Waals surface area (Å²) in [7, 11) is 0. The lowest BCUT2D eigenvalue weighted by atomic mass is 10.1. The molecule has 2 aromatic carbocycles. The van der Waals surface area contributed by atoms with Gasteiger partial charge in [-0.2, -0.15) is 0 Å². The molecule has 0 atom stereocenters. The largest absolute Gasteiger partial charge is 0.341 e. The second-order valence-electron chi connectivity index (χ2n) is 4.08.